The van der Waals surface area contributed by atoms with Crippen LogP contribution in [0.15, 0.2) is 59.8 Å². The molecule has 5 atom stereocenters. The topological polar surface area (TPSA) is 26.8 Å². The third-order valence-electron chi connectivity index (χ3n) is 9.14. The number of hydrogen-bond acceptors (Lipinski definition) is 3. The van der Waals surface area contributed by atoms with Crippen LogP contribution in [0, 0.1) is 5.92 Å². The fraction of sp³-hybridized carbons (Fsp3) is 0.656. The summed E-state index contributed by atoms with van der Waals surface area (Å²) in [6.45, 7) is 16.6. The molecule has 0 bridgehead atoms. The van der Waals surface area contributed by atoms with Gasteiger partial charge in [-0.15, -0.1) is 6.58 Å². The van der Waals surface area contributed by atoms with Gasteiger partial charge in [-0.05, 0) is 89.8 Å². The van der Waals surface area contributed by atoms with E-state index in [-0.39, 0.29) is 11.8 Å². The summed E-state index contributed by atoms with van der Waals surface area (Å²) >= 11 is 0. The summed E-state index contributed by atoms with van der Waals surface area (Å²) in [4.78, 5) is 20.6. The molecule has 36 heavy (non-hydrogen) atoms. The first kappa shape index (κ1) is 27.1. The largest absolute Gasteiger partial charge is 0.343 e. The Bertz CT molecular complexity index is 908. The van der Waals surface area contributed by atoms with E-state index in [0.717, 1.165) is 51.9 Å². The molecule has 0 aromatic rings. The SMILES string of the molecule is C=CCN1C(C)CCC1C1CCCN1C(C1=CCC(C(=O)N(CC)CC)C=C1)C1=CC(CC)=CCC1. The Morgan fingerprint density at radius 3 is 2.64 bits per heavy atom. The highest BCUT2D eigenvalue weighted by Crippen LogP contribution is 2.39. The van der Waals surface area contributed by atoms with Crippen LogP contribution >= 0.6 is 0 Å². The predicted molar refractivity (Wildman–Crippen MR) is 152 cm³/mol. The molecular formula is C32H49N3O. The van der Waals surface area contributed by atoms with Crippen molar-refractivity contribution in [2.45, 2.75) is 103 Å². The number of rotatable bonds is 10. The van der Waals surface area contributed by atoms with Crippen LogP contribution in [0.4, 0.5) is 0 Å². The number of carbonyl (C=O) groups excluding carboxylic acids is 1. The summed E-state index contributed by atoms with van der Waals surface area (Å²) in [5.74, 6) is 0.254. The average Bonchev–Trinajstić information content (AvgIpc) is 3.52. The average molecular weight is 492 g/mol. The molecule has 0 saturated carbocycles. The normalized spacial score (nSPS) is 30.1. The minimum atomic E-state index is -0.0196. The standard InChI is InChI=1S/C32H49N3O/c1-6-21-34-24(5)15-20-30(34)29-14-11-22-35(29)31(28-13-10-12-25(7-2)23-28)26-16-18-27(19-17-26)32(36)33(8-3)9-4/h6,12,16-18,23-24,27,29-31H,1,7-11,13-15,19-22H2,2-5H3. The fourth-order valence-electron chi connectivity index (χ4n) is 7.16. The smallest absolute Gasteiger partial charge is 0.229 e. The van der Waals surface area contributed by atoms with Crippen LogP contribution in [-0.4, -0.2) is 71.0 Å². The summed E-state index contributed by atoms with van der Waals surface area (Å²) in [6, 6.07) is 2.16. The van der Waals surface area contributed by atoms with Crippen molar-refractivity contribution in [2.24, 2.45) is 5.92 Å². The second-order valence-corrected chi connectivity index (χ2v) is 11.1. The molecular weight excluding hydrogens is 442 g/mol. The van der Waals surface area contributed by atoms with Crippen molar-refractivity contribution in [2.75, 3.05) is 26.2 Å². The fourth-order valence-corrected chi connectivity index (χ4v) is 7.16. The summed E-state index contributed by atoms with van der Waals surface area (Å²) in [5, 5.41) is 0. The van der Waals surface area contributed by atoms with Crippen molar-refractivity contribution >= 4 is 5.91 Å². The molecule has 0 spiro atoms. The zero-order valence-corrected chi connectivity index (χ0v) is 23.3. The Morgan fingerprint density at radius 1 is 1.17 bits per heavy atom. The first-order chi connectivity index (χ1) is 17.5. The third kappa shape index (κ3) is 5.65. The summed E-state index contributed by atoms with van der Waals surface area (Å²) in [7, 11) is 0. The molecule has 2 fully saturated rings. The van der Waals surface area contributed by atoms with Gasteiger partial charge in [-0.3, -0.25) is 14.6 Å². The van der Waals surface area contributed by atoms with E-state index >= 15 is 0 Å². The Morgan fingerprint density at radius 2 is 1.97 bits per heavy atom. The van der Waals surface area contributed by atoms with Crippen LogP contribution in [0.3, 0.4) is 0 Å². The van der Waals surface area contributed by atoms with Gasteiger partial charge in [0, 0.05) is 37.8 Å². The van der Waals surface area contributed by atoms with Crippen molar-refractivity contribution in [3.05, 3.63) is 59.8 Å². The molecule has 2 saturated heterocycles. The lowest BCUT2D eigenvalue weighted by molar-refractivity contribution is -0.133. The van der Waals surface area contributed by atoms with Crippen molar-refractivity contribution in [3.63, 3.8) is 0 Å². The van der Waals surface area contributed by atoms with Crippen molar-refractivity contribution in [1.29, 1.82) is 0 Å². The molecule has 0 radical (unpaired) electrons. The molecule has 198 valence electrons. The van der Waals surface area contributed by atoms with Crippen LogP contribution in [0.2, 0.25) is 0 Å². The molecule has 4 heteroatoms. The number of hydrogen-bond donors (Lipinski definition) is 0. The van der Waals surface area contributed by atoms with Gasteiger partial charge in [0.05, 0.1) is 12.0 Å². The zero-order chi connectivity index (χ0) is 25.7. The van der Waals surface area contributed by atoms with Gasteiger partial charge in [0.2, 0.25) is 5.91 Å². The van der Waals surface area contributed by atoms with E-state index in [1.165, 1.54) is 36.8 Å². The molecule has 0 N–H and O–H groups in total. The second-order valence-electron chi connectivity index (χ2n) is 11.1. The molecule has 4 aliphatic rings. The number of carbonyl (C=O) groups is 1. The van der Waals surface area contributed by atoms with Crippen LogP contribution in [0.5, 0.6) is 0 Å². The summed E-state index contributed by atoms with van der Waals surface area (Å²) in [5.41, 5.74) is 4.47. The second kappa shape index (κ2) is 12.6. The number of amides is 1. The maximum absolute atomic E-state index is 13.0. The number of likely N-dealkylation sites (tertiary alicyclic amines) is 2. The van der Waals surface area contributed by atoms with Crippen LogP contribution < -0.4 is 0 Å². The van der Waals surface area contributed by atoms with E-state index in [1.54, 1.807) is 5.57 Å². The lowest BCUT2D eigenvalue weighted by Crippen LogP contribution is -2.52. The van der Waals surface area contributed by atoms with Gasteiger partial charge in [0.15, 0.2) is 0 Å². The number of allylic oxidation sites excluding steroid dienone is 4. The van der Waals surface area contributed by atoms with Crippen LogP contribution in [-0.2, 0) is 4.79 Å². The van der Waals surface area contributed by atoms with E-state index in [1.807, 2.05) is 4.90 Å². The number of nitrogens with zero attached hydrogens (tertiary/aromatic N) is 3. The summed E-state index contributed by atoms with van der Waals surface area (Å²) in [6.07, 6.45) is 23.3. The van der Waals surface area contributed by atoms with Crippen molar-refractivity contribution < 1.29 is 4.79 Å². The van der Waals surface area contributed by atoms with Gasteiger partial charge in [0.1, 0.15) is 0 Å². The van der Waals surface area contributed by atoms with Gasteiger partial charge >= 0.3 is 0 Å². The lowest BCUT2D eigenvalue weighted by atomic mass is 9.83. The molecule has 0 aromatic heterocycles. The molecule has 0 aromatic carbocycles. The van der Waals surface area contributed by atoms with Gasteiger partial charge in [0.25, 0.3) is 0 Å². The van der Waals surface area contributed by atoms with Crippen LogP contribution in [0.25, 0.3) is 0 Å². The first-order valence-corrected chi connectivity index (χ1v) is 14.7. The first-order valence-electron chi connectivity index (χ1n) is 14.7. The van der Waals surface area contributed by atoms with Crippen molar-refractivity contribution in [3.8, 4) is 0 Å². The molecule has 1 amide bonds. The summed E-state index contributed by atoms with van der Waals surface area (Å²) < 4.78 is 0. The van der Waals surface area contributed by atoms with E-state index in [2.05, 4.69) is 80.5 Å². The molecule has 5 unspecified atom stereocenters. The molecule has 4 nitrogen and oxygen atoms in total. The van der Waals surface area contributed by atoms with Crippen molar-refractivity contribution in [1.82, 2.24) is 14.7 Å². The van der Waals surface area contributed by atoms with E-state index < -0.39 is 0 Å². The Labute approximate surface area is 220 Å². The molecule has 2 heterocycles. The lowest BCUT2D eigenvalue weighted by Gasteiger charge is -2.42. The Hall–Kier alpha value is -1.91. The van der Waals surface area contributed by atoms with Gasteiger partial charge in [-0.1, -0.05) is 49.0 Å². The highest BCUT2D eigenvalue weighted by molar-refractivity contribution is 5.81. The Kier molecular flexibility index (Phi) is 9.47. The molecule has 2 aliphatic heterocycles. The quantitative estimate of drug-likeness (QED) is 0.336. The predicted octanol–water partition coefficient (Wildman–Crippen LogP) is 6.29. The molecule has 2 aliphatic carbocycles. The minimum absolute atomic E-state index is 0.0196. The van der Waals surface area contributed by atoms with E-state index in [0.29, 0.717) is 24.2 Å². The van der Waals surface area contributed by atoms with E-state index in [9.17, 15) is 4.79 Å². The van der Waals surface area contributed by atoms with Gasteiger partial charge in [-0.25, -0.2) is 0 Å². The minimum Gasteiger partial charge on any atom is -0.343 e. The molecule has 4 rings (SSSR count). The maximum Gasteiger partial charge on any atom is 0.229 e. The van der Waals surface area contributed by atoms with E-state index in [4.69, 9.17) is 0 Å². The third-order valence-corrected chi connectivity index (χ3v) is 9.14. The van der Waals surface area contributed by atoms with Gasteiger partial charge in [-0.2, -0.15) is 0 Å². The highest BCUT2D eigenvalue weighted by Gasteiger charge is 2.43. The van der Waals surface area contributed by atoms with Gasteiger partial charge < -0.3 is 4.90 Å². The zero-order valence-electron chi connectivity index (χ0n) is 23.3. The maximum atomic E-state index is 13.0. The van der Waals surface area contributed by atoms with Crippen LogP contribution in [0.1, 0.15) is 79.1 Å². The monoisotopic (exact) mass is 491 g/mol. The highest BCUT2D eigenvalue weighted by atomic mass is 16.2. The Balaban J connectivity index is 1.62.